The Kier molecular flexibility index (Phi) is 8.59. The van der Waals surface area contributed by atoms with E-state index in [1.54, 1.807) is 0 Å². The molecule has 0 aliphatic heterocycles. The third-order valence-electron chi connectivity index (χ3n) is 6.06. The van der Waals surface area contributed by atoms with Crippen LogP contribution in [-0.4, -0.2) is 6.04 Å². The van der Waals surface area contributed by atoms with E-state index in [1.807, 2.05) is 56.3 Å². The molecule has 0 saturated carbocycles. The summed E-state index contributed by atoms with van der Waals surface area (Å²) in [6, 6.07) is 29.0. The quantitative estimate of drug-likeness (QED) is 0.227. The van der Waals surface area contributed by atoms with Gasteiger partial charge in [0.2, 0.25) is 0 Å². The van der Waals surface area contributed by atoms with Gasteiger partial charge in [-0.15, -0.1) is 12.6 Å². The molecule has 0 fully saturated rings. The summed E-state index contributed by atoms with van der Waals surface area (Å²) in [5.41, 5.74) is 3.43. The zero-order valence-electron chi connectivity index (χ0n) is 19.1. The Labute approximate surface area is 216 Å². The van der Waals surface area contributed by atoms with Crippen LogP contribution in [0.3, 0.4) is 0 Å². The first-order valence-electron chi connectivity index (χ1n) is 10.9. The number of nitrogens with zero attached hydrogens (tertiary/aromatic N) is 2. The van der Waals surface area contributed by atoms with Crippen LogP contribution in [0.1, 0.15) is 55.0 Å². The summed E-state index contributed by atoms with van der Waals surface area (Å²) >= 11 is 6.83. The number of hydrogen-bond donors (Lipinski definition) is 2. The van der Waals surface area contributed by atoms with Crippen LogP contribution < -0.4 is 5.32 Å². The number of hydrogen-bond acceptors (Lipinski definition) is 4. The molecule has 0 aliphatic carbocycles. The Morgan fingerprint density at radius 2 is 1.64 bits per heavy atom. The van der Waals surface area contributed by atoms with Crippen molar-refractivity contribution in [2.24, 2.45) is 5.41 Å². The lowest BCUT2D eigenvalue weighted by Crippen LogP contribution is -2.42. The maximum absolute atomic E-state index is 9.95. The van der Waals surface area contributed by atoms with Gasteiger partial charge in [0.05, 0.1) is 29.2 Å². The van der Waals surface area contributed by atoms with Gasteiger partial charge in [0.15, 0.2) is 0 Å². The first-order chi connectivity index (χ1) is 15.7. The van der Waals surface area contributed by atoms with Crippen molar-refractivity contribution in [3.63, 3.8) is 0 Å². The predicted octanol–water partition coefficient (Wildman–Crippen LogP) is 7.05. The molecule has 3 aromatic rings. The molecule has 3 nitrogen and oxygen atoms in total. The molecule has 5 heteroatoms. The first kappa shape index (κ1) is 25.3. The van der Waals surface area contributed by atoms with E-state index < -0.39 is 5.41 Å². The van der Waals surface area contributed by atoms with E-state index >= 15 is 0 Å². The molecule has 0 bridgehead atoms. The van der Waals surface area contributed by atoms with Crippen LogP contribution in [0.2, 0.25) is 0 Å². The van der Waals surface area contributed by atoms with Gasteiger partial charge in [-0.2, -0.15) is 10.5 Å². The van der Waals surface area contributed by atoms with Crippen molar-refractivity contribution in [3.8, 4) is 12.1 Å². The molecule has 3 rings (SSSR count). The van der Waals surface area contributed by atoms with Crippen molar-refractivity contribution in [1.82, 2.24) is 5.32 Å². The summed E-state index contributed by atoms with van der Waals surface area (Å²) < 4.78 is 1.20. The fourth-order valence-corrected chi connectivity index (χ4v) is 4.76. The van der Waals surface area contributed by atoms with E-state index in [2.05, 4.69) is 89.9 Å². The van der Waals surface area contributed by atoms with Crippen molar-refractivity contribution < 1.29 is 0 Å². The van der Waals surface area contributed by atoms with Crippen LogP contribution in [0.15, 0.2) is 77.7 Å². The molecule has 33 heavy (non-hydrogen) atoms. The third kappa shape index (κ3) is 6.60. The Morgan fingerprint density at radius 3 is 2.27 bits per heavy atom. The zero-order valence-corrected chi connectivity index (χ0v) is 22.1. The number of rotatable bonds is 8. The van der Waals surface area contributed by atoms with Gasteiger partial charge in [-0.3, -0.25) is 0 Å². The predicted molar refractivity (Wildman–Crippen MR) is 145 cm³/mol. The highest BCUT2D eigenvalue weighted by molar-refractivity contribution is 14.1. The molecule has 0 spiro atoms. The minimum Gasteiger partial charge on any atom is -0.305 e. The monoisotopic (exact) mass is 565 g/mol. The molecular weight excluding hydrogens is 537 g/mol. The molecule has 0 amide bonds. The summed E-state index contributed by atoms with van der Waals surface area (Å²) in [4.78, 5) is 0.873. The summed E-state index contributed by atoms with van der Waals surface area (Å²) in [5, 5.41) is 23.2. The fraction of sp³-hybridized carbons (Fsp3) is 0.286. The molecule has 0 aromatic heterocycles. The van der Waals surface area contributed by atoms with Crippen LogP contribution in [0, 0.1) is 31.6 Å². The SMILES string of the molecule is C[C@H](NC(c1cccc(S)c1)C(C)(C)C#N)[C@@H](Cc1ccc(I)cc1)c1cccc(C#N)c1. The molecule has 3 atom stereocenters. The van der Waals surface area contributed by atoms with E-state index in [0.29, 0.717) is 5.56 Å². The average molecular weight is 566 g/mol. The zero-order chi connectivity index (χ0) is 24.0. The topological polar surface area (TPSA) is 59.6 Å². The Morgan fingerprint density at radius 1 is 0.970 bits per heavy atom. The Hall–Kier alpha value is -2.32. The van der Waals surface area contributed by atoms with Crippen molar-refractivity contribution in [3.05, 3.63) is 98.6 Å². The van der Waals surface area contributed by atoms with Crippen LogP contribution in [0.4, 0.5) is 0 Å². The highest BCUT2D eigenvalue weighted by atomic mass is 127. The normalized spacial score (nSPS) is 14.0. The number of thiol groups is 1. The lowest BCUT2D eigenvalue weighted by atomic mass is 9.79. The number of nitriles is 2. The van der Waals surface area contributed by atoms with Gasteiger partial charge >= 0.3 is 0 Å². The minimum absolute atomic E-state index is 0.0411. The minimum atomic E-state index is -0.627. The molecule has 0 saturated heterocycles. The van der Waals surface area contributed by atoms with E-state index in [9.17, 15) is 10.5 Å². The number of halogens is 1. The second-order valence-electron chi connectivity index (χ2n) is 8.99. The molecule has 1 N–H and O–H groups in total. The van der Waals surface area contributed by atoms with Crippen molar-refractivity contribution in [1.29, 1.82) is 10.5 Å². The molecule has 0 radical (unpaired) electrons. The Bertz CT molecular complexity index is 1170. The first-order valence-corrected chi connectivity index (χ1v) is 12.5. The van der Waals surface area contributed by atoms with Gasteiger partial charge in [-0.1, -0.05) is 36.4 Å². The Balaban J connectivity index is 1.99. The van der Waals surface area contributed by atoms with Gasteiger partial charge in [-0.05, 0) is 103 Å². The van der Waals surface area contributed by atoms with E-state index in [-0.39, 0.29) is 18.0 Å². The summed E-state index contributed by atoms with van der Waals surface area (Å²) in [6.45, 7) is 6.10. The van der Waals surface area contributed by atoms with E-state index in [1.165, 1.54) is 9.13 Å². The molecule has 1 unspecified atom stereocenters. The van der Waals surface area contributed by atoms with Crippen LogP contribution in [-0.2, 0) is 6.42 Å². The lowest BCUT2D eigenvalue weighted by Gasteiger charge is -2.36. The third-order valence-corrected chi connectivity index (χ3v) is 7.06. The maximum atomic E-state index is 9.95. The van der Waals surface area contributed by atoms with Gasteiger partial charge in [0, 0.05) is 20.4 Å². The smallest absolute Gasteiger partial charge is 0.0991 e. The fourth-order valence-electron chi connectivity index (χ4n) is 4.17. The maximum Gasteiger partial charge on any atom is 0.0991 e. The molecular formula is C28H28IN3S. The summed E-state index contributed by atoms with van der Waals surface area (Å²) in [6.07, 6.45) is 0.826. The van der Waals surface area contributed by atoms with E-state index in [0.717, 1.165) is 22.4 Å². The van der Waals surface area contributed by atoms with Crippen LogP contribution >= 0.6 is 35.2 Å². The molecule has 0 aliphatic rings. The number of nitrogens with one attached hydrogen (secondary N) is 1. The van der Waals surface area contributed by atoms with Gasteiger partial charge in [0.25, 0.3) is 0 Å². The summed E-state index contributed by atoms with van der Waals surface area (Å²) in [7, 11) is 0. The number of benzene rings is 3. The second-order valence-corrected chi connectivity index (χ2v) is 10.8. The molecule has 3 aromatic carbocycles. The average Bonchev–Trinajstić information content (AvgIpc) is 2.81. The van der Waals surface area contributed by atoms with Crippen LogP contribution in [0.25, 0.3) is 0 Å². The van der Waals surface area contributed by atoms with Gasteiger partial charge in [0.1, 0.15) is 0 Å². The van der Waals surface area contributed by atoms with Gasteiger partial charge < -0.3 is 5.32 Å². The standard InChI is InChI=1S/C28H28IN3S/c1-19(32-27(28(2,3)18-31)23-8-5-9-25(33)16-23)26(15-20-10-12-24(29)13-11-20)22-7-4-6-21(14-22)17-30/h4-14,16,19,26-27,32-33H,15H2,1-3H3/t19-,26+,27?/m0/s1. The lowest BCUT2D eigenvalue weighted by molar-refractivity contribution is 0.280. The van der Waals surface area contributed by atoms with Crippen molar-refractivity contribution in [2.45, 2.75) is 50.1 Å². The molecule has 0 heterocycles. The van der Waals surface area contributed by atoms with Gasteiger partial charge in [-0.25, -0.2) is 0 Å². The second kappa shape index (κ2) is 11.2. The highest BCUT2D eigenvalue weighted by Gasteiger charge is 2.34. The van der Waals surface area contributed by atoms with Crippen LogP contribution in [0.5, 0.6) is 0 Å². The van der Waals surface area contributed by atoms with Crippen molar-refractivity contribution >= 4 is 35.2 Å². The van der Waals surface area contributed by atoms with E-state index in [4.69, 9.17) is 0 Å². The largest absolute Gasteiger partial charge is 0.305 e. The van der Waals surface area contributed by atoms with Crippen molar-refractivity contribution in [2.75, 3.05) is 0 Å². The molecule has 168 valence electrons. The highest BCUT2D eigenvalue weighted by Crippen LogP contribution is 2.36. The summed E-state index contributed by atoms with van der Waals surface area (Å²) in [5.74, 6) is 0.120.